The van der Waals surface area contributed by atoms with Crippen LogP contribution in [0.15, 0.2) is 48.2 Å². The third-order valence-electron chi connectivity index (χ3n) is 5.82. The van der Waals surface area contributed by atoms with E-state index < -0.39 is 0 Å². The summed E-state index contributed by atoms with van der Waals surface area (Å²) in [6, 6.07) is 12.6. The van der Waals surface area contributed by atoms with E-state index in [4.69, 9.17) is 21.1 Å². The summed E-state index contributed by atoms with van der Waals surface area (Å²) in [6.45, 7) is 5.72. The summed E-state index contributed by atoms with van der Waals surface area (Å²) in [4.78, 5) is 30.3. The van der Waals surface area contributed by atoms with Crippen molar-refractivity contribution in [3.63, 3.8) is 0 Å². The van der Waals surface area contributed by atoms with Crippen LogP contribution in [0.2, 0.25) is 5.02 Å². The first-order valence-corrected chi connectivity index (χ1v) is 10.9. The van der Waals surface area contributed by atoms with Gasteiger partial charge in [0.05, 0.1) is 25.9 Å². The number of carbonyl (C=O) groups excluding carboxylic acids is 2. The van der Waals surface area contributed by atoms with E-state index in [9.17, 15) is 9.59 Å². The van der Waals surface area contributed by atoms with Crippen LogP contribution in [0.25, 0.3) is 5.57 Å². The Labute approximate surface area is 192 Å². The molecule has 1 saturated heterocycles. The number of nitrogens with one attached hydrogen (secondary N) is 1. The molecular weight excluding hydrogens is 430 g/mol. The Morgan fingerprint density at radius 2 is 1.75 bits per heavy atom. The average Bonchev–Trinajstić information content (AvgIpc) is 3.05. The number of imide groups is 1. The molecule has 0 saturated carbocycles. The van der Waals surface area contributed by atoms with Gasteiger partial charge in [-0.15, -0.1) is 0 Å². The lowest BCUT2D eigenvalue weighted by Crippen LogP contribution is -2.43. The smallest absolute Gasteiger partial charge is 0.278 e. The van der Waals surface area contributed by atoms with Crippen molar-refractivity contribution in [3.05, 3.63) is 64.3 Å². The van der Waals surface area contributed by atoms with Gasteiger partial charge in [0.2, 0.25) is 0 Å². The molecule has 0 radical (unpaired) electrons. The molecule has 168 valence electrons. The van der Waals surface area contributed by atoms with Gasteiger partial charge in [-0.25, -0.2) is 0 Å². The maximum absolute atomic E-state index is 13.4. The Morgan fingerprint density at radius 3 is 2.44 bits per heavy atom. The van der Waals surface area contributed by atoms with Gasteiger partial charge in [0.25, 0.3) is 11.8 Å². The second-order valence-corrected chi connectivity index (χ2v) is 8.14. The lowest BCUT2D eigenvalue weighted by Gasteiger charge is -2.28. The van der Waals surface area contributed by atoms with Crippen LogP contribution in [-0.4, -0.2) is 68.1 Å². The summed E-state index contributed by atoms with van der Waals surface area (Å²) in [5.41, 5.74) is 2.75. The molecule has 0 unspecified atom stereocenters. The van der Waals surface area contributed by atoms with Crippen molar-refractivity contribution in [2.24, 2.45) is 0 Å². The molecule has 2 aliphatic rings. The Bertz CT molecular complexity index is 1050. The molecule has 0 spiro atoms. The molecule has 0 aliphatic carbocycles. The van der Waals surface area contributed by atoms with Crippen LogP contribution in [0.5, 0.6) is 5.75 Å². The quantitative estimate of drug-likeness (QED) is 0.646. The number of amides is 2. The van der Waals surface area contributed by atoms with Crippen LogP contribution < -0.4 is 10.1 Å². The van der Waals surface area contributed by atoms with E-state index in [0.717, 1.165) is 18.7 Å². The molecule has 32 heavy (non-hydrogen) atoms. The Morgan fingerprint density at radius 1 is 1.03 bits per heavy atom. The van der Waals surface area contributed by atoms with E-state index in [1.54, 1.807) is 37.4 Å². The van der Waals surface area contributed by atoms with Gasteiger partial charge in [0.1, 0.15) is 11.4 Å². The Balaban J connectivity index is 1.65. The summed E-state index contributed by atoms with van der Waals surface area (Å²) in [5, 5.41) is 3.78. The molecule has 8 heteroatoms. The number of ether oxygens (including phenoxy) is 2. The maximum Gasteiger partial charge on any atom is 0.278 e. The molecule has 1 N–H and O–H groups in total. The van der Waals surface area contributed by atoms with Gasteiger partial charge >= 0.3 is 0 Å². The second-order valence-electron chi connectivity index (χ2n) is 7.73. The first-order valence-electron chi connectivity index (χ1n) is 10.6. The maximum atomic E-state index is 13.4. The van der Waals surface area contributed by atoms with Crippen LogP contribution in [0.3, 0.4) is 0 Å². The number of anilines is 1. The topological polar surface area (TPSA) is 71.1 Å². The number of benzene rings is 2. The summed E-state index contributed by atoms with van der Waals surface area (Å²) < 4.78 is 10.6. The molecule has 2 aromatic rings. The minimum Gasteiger partial charge on any atom is -0.497 e. The van der Waals surface area contributed by atoms with Gasteiger partial charge in [-0.2, -0.15) is 0 Å². The zero-order valence-corrected chi connectivity index (χ0v) is 18.9. The fourth-order valence-electron chi connectivity index (χ4n) is 3.86. The number of nitrogens with zero attached hydrogens (tertiary/aromatic N) is 2. The van der Waals surface area contributed by atoms with Gasteiger partial charge in [0.15, 0.2) is 0 Å². The zero-order valence-electron chi connectivity index (χ0n) is 18.2. The summed E-state index contributed by atoms with van der Waals surface area (Å²) in [6.07, 6.45) is 0. The highest BCUT2D eigenvalue weighted by Crippen LogP contribution is 2.33. The van der Waals surface area contributed by atoms with E-state index >= 15 is 0 Å². The highest BCUT2D eigenvalue weighted by atomic mass is 35.5. The van der Waals surface area contributed by atoms with Crippen LogP contribution in [0, 0.1) is 6.92 Å². The fraction of sp³-hybridized carbons (Fsp3) is 0.333. The minimum absolute atomic E-state index is 0.257. The largest absolute Gasteiger partial charge is 0.497 e. The molecule has 2 amide bonds. The first-order chi connectivity index (χ1) is 15.5. The molecule has 0 atom stereocenters. The highest BCUT2D eigenvalue weighted by molar-refractivity contribution is 6.36. The number of carbonyl (C=O) groups is 2. The van der Waals surface area contributed by atoms with E-state index in [0.29, 0.717) is 53.9 Å². The number of halogens is 1. The van der Waals surface area contributed by atoms with Crippen molar-refractivity contribution in [2.45, 2.75) is 6.92 Å². The molecule has 4 rings (SSSR count). The predicted molar refractivity (Wildman–Crippen MR) is 124 cm³/mol. The second kappa shape index (κ2) is 9.73. The van der Waals surface area contributed by atoms with Crippen LogP contribution in [-0.2, 0) is 14.3 Å². The third-order valence-corrected chi connectivity index (χ3v) is 6.23. The van der Waals surface area contributed by atoms with Crippen molar-refractivity contribution >= 4 is 34.7 Å². The van der Waals surface area contributed by atoms with E-state index in [-0.39, 0.29) is 17.5 Å². The van der Waals surface area contributed by atoms with Gasteiger partial charge in [-0.05, 0) is 42.3 Å². The van der Waals surface area contributed by atoms with Crippen molar-refractivity contribution in [3.8, 4) is 5.75 Å². The SMILES string of the molecule is COc1ccc(C2=C(Nc3cccc(Cl)c3C)C(=O)N(CCN3CCOCC3)C2=O)cc1. The first kappa shape index (κ1) is 22.3. The lowest BCUT2D eigenvalue weighted by atomic mass is 10.0. The zero-order chi connectivity index (χ0) is 22.7. The molecule has 2 aliphatic heterocycles. The minimum atomic E-state index is -0.339. The van der Waals surface area contributed by atoms with Crippen LogP contribution >= 0.6 is 11.6 Å². The molecule has 1 fully saturated rings. The Hall–Kier alpha value is -2.87. The van der Waals surface area contributed by atoms with Crippen molar-refractivity contribution in [2.75, 3.05) is 51.8 Å². The summed E-state index contributed by atoms with van der Waals surface area (Å²) in [7, 11) is 1.58. The number of methoxy groups -OCH3 is 1. The molecule has 0 aromatic heterocycles. The monoisotopic (exact) mass is 455 g/mol. The normalized spacial score (nSPS) is 17.3. The summed E-state index contributed by atoms with van der Waals surface area (Å²) >= 11 is 6.27. The molecule has 2 aromatic carbocycles. The number of hydrogen-bond donors (Lipinski definition) is 1. The van der Waals surface area contributed by atoms with Crippen molar-refractivity contribution in [1.29, 1.82) is 0 Å². The third kappa shape index (κ3) is 4.50. The van der Waals surface area contributed by atoms with Crippen molar-refractivity contribution < 1.29 is 19.1 Å². The van der Waals surface area contributed by atoms with E-state index in [2.05, 4.69) is 10.2 Å². The molecule has 2 heterocycles. The van der Waals surface area contributed by atoms with Crippen LogP contribution in [0.4, 0.5) is 5.69 Å². The van der Waals surface area contributed by atoms with Crippen LogP contribution in [0.1, 0.15) is 11.1 Å². The number of hydrogen-bond acceptors (Lipinski definition) is 6. The predicted octanol–water partition coefficient (Wildman–Crippen LogP) is 3.18. The van der Waals surface area contributed by atoms with Gasteiger partial charge in [0, 0.05) is 36.9 Å². The lowest BCUT2D eigenvalue weighted by molar-refractivity contribution is -0.137. The van der Waals surface area contributed by atoms with Gasteiger partial charge < -0.3 is 14.8 Å². The van der Waals surface area contributed by atoms with E-state index in [1.807, 2.05) is 19.1 Å². The standard InChI is InChI=1S/C24H26ClN3O4/c1-16-19(25)4-3-5-20(16)26-22-21(17-6-8-18(31-2)9-7-17)23(29)28(24(22)30)11-10-27-12-14-32-15-13-27/h3-9,26H,10-15H2,1-2H3. The summed E-state index contributed by atoms with van der Waals surface area (Å²) in [5.74, 6) is 0.0274. The van der Waals surface area contributed by atoms with Crippen molar-refractivity contribution in [1.82, 2.24) is 9.80 Å². The molecule has 0 bridgehead atoms. The van der Waals surface area contributed by atoms with E-state index in [1.165, 1.54) is 4.90 Å². The fourth-order valence-corrected chi connectivity index (χ4v) is 4.04. The number of rotatable bonds is 7. The number of morpholine rings is 1. The molecular formula is C24H26ClN3O4. The van der Waals surface area contributed by atoms with Gasteiger partial charge in [-0.1, -0.05) is 29.8 Å². The van der Waals surface area contributed by atoms with Gasteiger partial charge in [-0.3, -0.25) is 19.4 Å². The Kier molecular flexibility index (Phi) is 6.79. The average molecular weight is 456 g/mol. The molecule has 7 nitrogen and oxygen atoms in total. The highest BCUT2D eigenvalue weighted by Gasteiger charge is 2.39.